The molecular formula is C24H39N3O. The maximum atomic E-state index is 12.5. The Bertz CT molecular complexity index is 610. The van der Waals surface area contributed by atoms with Gasteiger partial charge in [-0.15, -0.1) is 0 Å². The van der Waals surface area contributed by atoms with Crippen LogP contribution in [0.4, 0.5) is 0 Å². The number of benzene rings is 1. The molecule has 1 N–H and O–H groups in total. The summed E-state index contributed by atoms with van der Waals surface area (Å²) in [6.45, 7) is 10.7. The van der Waals surface area contributed by atoms with Crippen molar-refractivity contribution in [1.82, 2.24) is 15.1 Å². The Kier molecular flexibility index (Phi) is 8.35. The highest BCUT2D eigenvalue weighted by atomic mass is 16.1. The number of piperidine rings is 2. The van der Waals surface area contributed by atoms with Crippen molar-refractivity contribution in [3.63, 3.8) is 0 Å². The van der Waals surface area contributed by atoms with Gasteiger partial charge in [-0.25, -0.2) is 0 Å². The van der Waals surface area contributed by atoms with Crippen LogP contribution in [0.3, 0.4) is 0 Å². The lowest BCUT2D eigenvalue weighted by molar-refractivity contribution is -0.126. The fourth-order valence-corrected chi connectivity index (χ4v) is 4.88. The summed E-state index contributed by atoms with van der Waals surface area (Å²) in [6, 6.07) is 9.52. The van der Waals surface area contributed by atoms with Crippen LogP contribution in [0.1, 0.15) is 63.0 Å². The number of hydrogen-bond donors (Lipinski definition) is 1. The van der Waals surface area contributed by atoms with Gasteiger partial charge in [0.2, 0.25) is 5.91 Å². The standard InChI is InChI=1S/C24H39N3O/c1-3-23-10-4-5-14-27(23)15-7-13-25-24(28)22-11-16-26(17-12-22)19-21-9-6-8-20(2)18-21/h6,8-9,18,22-23H,3-5,7,10-17,19H2,1-2H3,(H,25,28)/t23-/m1/s1. The number of aryl methyl sites for hydroxylation is 1. The van der Waals surface area contributed by atoms with Crippen LogP contribution >= 0.6 is 0 Å². The summed E-state index contributed by atoms with van der Waals surface area (Å²) in [5.74, 6) is 0.480. The van der Waals surface area contributed by atoms with Gasteiger partial charge in [0.25, 0.3) is 0 Å². The molecule has 4 nitrogen and oxygen atoms in total. The largest absolute Gasteiger partial charge is 0.356 e. The minimum Gasteiger partial charge on any atom is -0.356 e. The summed E-state index contributed by atoms with van der Waals surface area (Å²) in [6.07, 6.45) is 8.38. The van der Waals surface area contributed by atoms with Crippen molar-refractivity contribution in [2.75, 3.05) is 32.7 Å². The molecule has 0 aromatic heterocycles. The van der Waals surface area contributed by atoms with Gasteiger partial charge in [-0.1, -0.05) is 43.2 Å². The topological polar surface area (TPSA) is 35.6 Å². The first-order chi connectivity index (χ1) is 13.7. The molecule has 1 amide bonds. The van der Waals surface area contributed by atoms with Crippen molar-refractivity contribution in [3.05, 3.63) is 35.4 Å². The third kappa shape index (κ3) is 6.31. The van der Waals surface area contributed by atoms with E-state index in [9.17, 15) is 4.79 Å². The second-order valence-corrected chi connectivity index (χ2v) is 8.78. The molecule has 2 aliphatic rings. The zero-order chi connectivity index (χ0) is 19.8. The number of hydrogen-bond acceptors (Lipinski definition) is 3. The Hall–Kier alpha value is -1.39. The Morgan fingerprint density at radius 2 is 1.96 bits per heavy atom. The van der Waals surface area contributed by atoms with E-state index in [1.165, 1.54) is 43.4 Å². The molecule has 1 aromatic carbocycles. The maximum Gasteiger partial charge on any atom is 0.223 e. The van der Waals surface area contributed by atoms with Crippen LogP contribution in [0.5, 0.6) is 0 Å². The van der Waals surface area contributed by atoms with E-state index in [1.807, 2.05) is 0 Å². The lowest BCUT2D eigenvalue weighted by Gasteiger charge is -2.35. The van der Waals surface area contributed by atoms with Crippen LogP contribution in [0.25, 0.3) is 0 Å². The van der Waals surface area contributed by atoms with E-state index in [1.54, 1.807) is 0 Å². The SMILES string of the molecule is CC[C@@H]1CCCCN1CCCNC(=O)C1CCN(Cc2cccc(C)c2)CC1. The summed E-state index contributed by atoms with van der Waals surface area (Å²) in [7, 11) is 0. The third-order valence-electron chi connectivity index (χ3n) is 6.59. The monoisotopic (exact) mass is 385 g/mol. The second-order valence-electron chi connectivity index (χ2n) is 8.78. The van der Waals surface area contributed by atoms with Crippen molar-refractivity contribution in [3.8, 4) is 0 Å². The Labute approximate surface area is 171 Å². The summed E-state index contributed by atoms with van der Waals surface area (Å²) >= 11 is 0. The summed E-state index contributed by atoms with van der Waals surface area (Å²) in [4.78, 5) is 17.7. The predicted molar refractivity (Wildman–Crippen MR) is 116 cm³/mol. The minimum absolute atomic E-state index is 0.201. The van der Waals surface area contributed by atoms with Crippen LogP contribution < -0.4 is 5.32 Å². The molecule has 2 heterocycles. The van der Waals surface area contributed by atoms with Crippen LogP contribution in [0, 0.1) is 12.8 Å². The first kappa shape index (κ1) is 21.3. The molecule has 0 unspecified atom stereocenters. The number of carbonyl (C=O) groups excluding carboxylic acids is 1. The van der Waals surface area contributed by atoms with Gasteiger partial charge in [0, 0.05) is 31.6 Å². The summed E-state index contributed by atoms with van der Waals surface area (Å²) < 4.78 is 0. The van der Waals surface area contributed by atoms with E-state index < -0.39 is 0 Å². The Morgan fingerprint density at radius 1 is 1.14 bits per heavy atom. The van der Waals surface area contributed by atoms with Crippen molar-refractivity contribution >= 4 is 5.91 Å². The lowest BCUT2D eigenvalue weighted by atomic mass is 9.95. The fourth-order valence-electron chi connectivity index (χ4n) is 4.88. The molecule has 2 aliphatic heterocycles. The van der Waals surface area contributed by atoms with Gasteiger partial charge in [-0.05, 0) is 70.6 Å². The molecule has 0 aliphatic carbocycles. The van der Waals surface area contributed by atoms with Crippen LogP contribution in [-0.2, 0) is 11.3 Å². The van der Waals surface area contributed by atoms with Gasteiger partial charge in [-0.3, -0.25) is 9.69 Å². The van der Waals surface area contributed by atoms with Crippen LogP contribution in [-0.4, -0.2) is 54.5 Å². The van der Waals surface area contributed by atoms with Gasteiger partial charge in [0.15, 0.2) is 0 Å². The molecule has 0 radical (unpaired) electrons. The molecule has 28 heavy (non-hydrogen) atoms. The first-order valence-corrected chi connectivity index (χ1v) is 11.5. The van der Waals surface area contributed by atoms with Gasteiger partial charge in [0.1, 0.15) is 0 Å². The van der Waals surface area contributed by atoms with Crippen molar-refractivity contribution < 1.29 is 4.79 Å². The van der Waals surface area contributed by atoms with E-state index in [2.05, 4.69) is 53.2 Å². The highest BCUT2D eigenvalue weighted by molar-refractivity contribution is 5.78. The van der Waals surface area contributed by atoms with E-state index >= 15 is 0 Å². The number of likely N-dealkylation sites (tertiary alicyclic amines) is 2. The molecule has 0 saturated carbocycles. The minimum atomic E-state index is 0.201. The number of carbonyl (C=O) groups is 1. The number of nitrogens with one attached hydrogen (secondary N) is 1. The molecule has 2 saturated heterocycles. The molecule has 156 valence electrons. The normalized spacial score (nSPS) is 22.3. The highest BCUT2D eigenvalue weighted by Crippen LogP contribution is 2.21. The van der Waals surface area contributed by atoms with E-state index in [-0.39, 0.29) is 11.8 Å². The second kappa shape index (κ2) is 11.0. The van der Waals surface area contributed by atoms with E-state index in [4.69, 9.17) is 0 Å². The Morgan fingerprint density at radius 3 is 2.71 bits per heavy atom. The third-order valence-corrected chi connectivity index (χ3v) is 6.59. The predicted octanol–water partition coefficient (Wildman–Crippen LogP) is 3.98. The maximum absolute atomic E-state index is 12.5. The van der Waals surface area contributed by atoms with Gasteiger partial charge < -0.3 is 10.2 Å². The lowest BCUT2D eigenvalue weighted by Crippen LogP contribution is -2.42. The summed E-state index contributed by atoms with van der Waals surface area (Å²) in [5.41, 5.74) is 2.70. The quantitative estimate of drug-likeness (QED) is 0.688. The molecule has 0 spiro atoms. The zero-order valence-corrected chi connectivity index (χ0v) is 18.0. The molecule has 2 fully saturated rings. The van der Waals surface area contributed by atoms with Gasteiger partial charge >= 0.3 is 0 Å². The van der Waals surface area contributed by atoms with Gasteiger partial charge in [-0.2, -0.15) is 0 Å². The molecule has 0 bridgehead atoms. The van der Waals surface area contributed by atoms with Crippen LogP contribution in [0.2, 0.25) is 0 Å². The number of nitrogens with zero attached hydrogens (tertiary/aromatic N) is 2. The molecule has 1 atom stereocenters. The van der Waals surface area contributed by atoms with Crippen LogP contribution in [0.15, 0.2) is 24.3 Å². The van der Waals surface area contributed by atoms with E-state index in [0.29, 0.717) is 0 Å². The molecular weight excluding hydrogens is 346 g/mol. The number of rotatable bonds is 8. The Balaban J connectivity index is 1.31. The van der Waals surface area contributed by atoms with Crippen molar-refractivity contribution in [2.24, 2.45) is 5.92 Å². The average molecular weight is 386 g/mol. The van der Waals surface area contributed by atoms with Crippen molar-refractivity contribution in [1.29, 1.82) is 0 Å². The van der Waals surface area contributed by atoms with E-state index in [0.717, 1.165) is 58.0 Å². The average Bonchev–Trinajstić information content (AvgIpc) is 2.72. The molecule has 3 rings (SSSR count). The summed E-state index contributed by atoms with van der Waals surface area (Å²) in [5, 5.41) is 3.21. The smallest absolute Gasteiger partial charge is 0.223 e. The van der Waals surface area contributed by atoms with Crippen molar-refractivity contribution in [2.45, 2.75) is 71.4 Å². The van der Waals surface area contributed by atoms with Gasteiger partial charge in [0.05, 0.1) is 0 Å². The zero-order valence-electron chi connectivity index (χ0n) is 18.0. The molecule has 1 aromatic rings. The molecule has 4 heteroatoms. The number of amides is 1. The first-order valence-electron chi connectivity index (χ1n) is 11.5. The fraction of sp³-hybridized carbons (Fsp3) is 0.708. The highest BCUT2D eigenvalue weighted by Gasteiger charge is 2.25.